The standard InChI is InChI=1S/C17H17Br2NO/c1-11(13-4-2-3-5-15(13)19)20-16-8-9-21-17-7-6-12(18)10-14(16)17/h2-7,10-11,16,20H,8-9H2,1H3. The lowest BCUT2D eigenvalue weighted by Gasteiger charge is -2.30. The van der Waals surface area contributed by atoms with Crippen LogP contribution in [0.1, 0.15) is 36.6 Å². The molecule has 2 unspecified atom stereocenters. The minimum atomic E-state index is 0.274. The molecule has 3 rings (SSSR count). The summed E-state index contributed by atoms with van der Waals surface area (Å²) in [5.41, 5.74) is 2.51. The van der Waals surface area contributed by atoms with Crippen LogP contribution in [0.3, 0.4) is 0 Å². The van der Waals surface area contributed by atoms with E-state index in [4.69, 9.17) is 4.74 Å². The van der Waals surface area contributed by atoms with Gasteiger partial charge >= 0.3 is 0 Å². The lowest BCUT2D eigenvalue weighted by Crippen LogP contribution is -2.29. The van der Waals surface area contributed by atoms with Crippen molar-refractivity contribution < 1.29 is 4.74 Å². The van der Waals surface area contributed by atoms with Gasteiger partial charge in [-0.05, 0) is 36.8 Å². The first-order valence-electron chi connectivity index (χ1n) is 7.08. The fourth-order valence-electron chi connectivity index (χ4n) is 2.76. The van der Waals surface area contributed by atoms with Crippen molar-refractivity contribution in [2.45, 2.75) is 25.4 Å². The van der Waals surface area contributed by atoms with Gasteiger partial charge in [0.2, 0.25) is 0 Å². The highest BCUT2D eigenvalue weighted by atomic mass is 79.9. The second-order valence-electron chi connectivity index (χ2n) is 5.28. The van der Waals surface area contributed by atoms with Gasteiger partial charge in [-0.1, -0.05) is 50.1 Å². The molecule has 0 bridgehead atoms. The number of halogens is 2. The summed E-state index contributed by atoms with van der Waals surface area (Å²) >= 11 is 7.18. The maximum atomic E-state index is 5.75. The van der Waals surface area contributed by atoms with Crippen LogP contribution in [0.25, 0.3) is 0 Å². The Kier molecular flexibility index (Phi) is 4.67. The summed E-state index contributed by atoms with van der Waals surface area (Å²) in [5.74, 6) is 0.987. The molecule has 0 amide bonds. The van der Waals surface area contributed by atoms with Crippen molar-refractivity contribution in [3.8, 4) is 5.75 Å². The Morgan fingerprint density at radius 2 is 2.00 bits per heavy atom. The quantitative estimate of drug-likeness (QED) is 0.732. The van der Waals surface area contributed by atoms with E-state index in [0.29, 0.717) is 6.04 Å². The predicted molar refractivity (Wildman–Crippen MR) is 92.7 cm³/mol. The number of nitrogens with one attached hydrogen (secondary N) is 1. The van der Waals surface area contributed by atoms with E-state index in [-0.39, 0.29) is 6.04 Å². The molecule has 21 heavy (non-hydrogen) atoms. The van der Waals surface area contributed by atoms with Crippen molar-refractivity contribution in [2.24, 2.45) is 0 Å². The highest BCUT2D eigenvalue weighted by molar-refractivity contribution is 9.10. The molecule has 2 aromatic carbocycles. The lowest BCUT2D eigenvalue weighted by molar-refractivity contribution is 0.246. The topological polar surface area (TPSA) is 21.3 Å². The Labute approximate surface area is 142 Å². The van der Waals surface area contributed by atoms with E-state index in [1.807, 2.05) is 18.2 Å². The van der Waals surface area contributed by atoms with Crippen LogP contribution in [0.2, 0.25) is 0 Å². The molecular weight excluding hydrogens is 394 g/mol. The highest BCUT2D eigenvalue weighted by Gasteiger charge is 2.23. The second kappa shape index (κ2) is 6.51. The van der Waals surface area contributed by atoms with Crippen LogP contribution in [0.4, 0.5) is 0 Å². The van der Waals surface area contributed by atoms with Gasteiger partial charge in [-0.15, -0.1) is 0 Å². The minimum Gasteiger partial charge on any atom is -0.493 e. The van der Waals surface area contributed by atoms with E-state index < -0.39 is 0 Å². The van der Waals surface area contributed by atoms with Gasteiger partial charge in [-0.2, -0.15) is 0 Å². The van der Waals surface area contributed by atoms with Gasteiger partial charge in [-0.25, -0.2) is 0 Å². The fourth-order valence-corrected chi connectivity index (χ4v) is 3.76. The molecule has 1 aliphatic heterocycles. The number of benzene rings is 2. The first-order valence-corrected chi connectivity index (χ1v) is 8.66. The van der Waals surface area contributed by atoms with Crippen molar-refractivity contribution in [1.29, 1.82) is 0 Å². The Morgan fingerprint density at radius 3 is 2.81 bits per heavy atom. The van der Waals surface area contributed by atoms with Gasteiger partial charge in [0.1, 0.15) is 5.75 Å². The molecule has 0 saturated heterocycles. The highest BCUT2D eigenvalue weighted by Crippen LogP contribution is 2.36. The van der Waals surface area contributed by atoms with E-state index in [2.05, 4.69) is 68.4 Å². The van der Waals surface area contributed by atoms with E-state index >= 15 is 0 Å². The third kappa shape index (κ3) is 3.33. The van der Waals surface area contributed by atoms with E-state index in [0.717, 1.165) is 27.7 Å². The number of ether oxygens (including phenoxy) is 1. The molecule has 1 aliphatic rings. The van der Waals surface area contributed by atoms with Gasteiger partial charge in [-0.3, -0.25) is 0 Å². The summed E-state index contributed by atoms with van der Waals surface area (Å²) in [6, 6.07) is 15.2. The van der Waals surface area contributed by atoms with Crippen molar-refractivity contribution in [3.05, 3.63) is 62.5 Å². The molecule has 0 radical (unpaired) electrons. The summed E-state index contributed by atoms with van der Waals surface area (Å²) < 4.78 is 7.98. The van der Waals surface area contributed by atoms with E-state index in [1.54, 1.807) is 0 Å². The summed E-state index contributed by atoms with van der Waals surface area (Å²) in [6.07, 6.45) is 0.984. The molecule has 0 saturated carbocycles. The van der Waals surface area contributed by atoms with Crippen LogP contribution in [0.15, 0.2) is 51.4 Å². The van der Waals surface area contributed by atoms with Crippen molar-refractivity contribution in [2.75, 3.05) is 6.61 Å². The van der Waals surface area contributed by atoms with Crippen LogP contribution >= 0.6 is 31.9 Å². The number of rotatable bonds is 3. The Balaban J connectivity index is 1.83. The van der Waals surface area contributed by atoms with Crippen molar-refractivity contribution in [3.63, 3.8) is 0 Å². The van der Waals surface area contributed by atoms with Crippen molar-refractivity contribution >= 4 is 31.9 Å². The van der Waals surface area contributed by atoms with Crippen molar-refractivity contribution in [1.82, 2.24) is 5.32 Å². The second-order valence-corrected chi connectivity index (χ2v) is 7.05. The molecule has 2 nitrogen and oxygen atoms in total. The Hall–Kier alpha value is -0.840. The lowest BCUT2D eigenvalue weighted by atomic mass is 9.98. The third-order valence-electron chi connectivity index (χ3n) is 3.83. The molecule has 0 fully saturated rings. The fraction of sp³-hybridized carbons (Fsp3) is 0.294. The summed E-state index contributed by atoms with van der Waals surface area (Å²) in [5, 5.41) is 3.73. The Morgan fingerprint density at radius 1 is 1.19 bits per heavy atom. The van der Waals surface area contributed by atoms with Gasteiger partial charge in [0.15, 0.2) is 0 Å². The predicted octanol–water partition coefficient (Wildman–Crippen LogP) is 5.39. The normalized spacial score (nSPS) is 18.7. The largest absolute Gasteiger partial charge is 0.493 e. The van der Waals surface area contributed by atoms with Crippen LogP contribution in [-0.2, 0) is 0 Å². The smallest absolute Gasteiger partial charge is 0.124 e. The molecule has 0 aromatic heterocycles. The molecule has 1 N–H and O–H groups in total. The Bertz CT molecular complexity index is 644. The molecule has 0 spiro atoms. The molecule has 0 aliphatic carbocycles. The number of fused-ring (bicyclic) bond motifs is 1. The zero-order valence-corrected chi connectivity index (χ0v) is 14.9. The molecule has 4 heteroatoms. The van der Waals surface area contributed by atoms with Crippen LogP contribution in [0.5, 0.6) is 5.75 Å². The van der Waals surface area contributed by atoms with E-state index in [9.17, 15) is 0 Å². The first kappa shape index (κ1) is 15.1. The average Bonchev–Trinajstić information content (AvgIpc) is 2.48. The van der Waals surface area contributed by atoms with Gasteiger partial charge in [0, 0.05) is 33.0 Å². The summed E-state index contributed by atoms with van der Waals surface area (Å²) in [4.78, 5) is 0. The monoisotopic (exact) mass is 409 g/mol. The van der Waals surface area contributed by atoms with Crippen LogP contribution in [-0.4, -0.2) is 6.61 Å². The first-order chi connectivity index (χ1) is 10.1. The van der Waals surface area contributed by atoms with Gasteiger partial charge in [0.25, 0.3) is 0 Å². The zero-order valence-electron chi connectivity index (χ0n) is 11.8. The van der Waals surface area contributed by atoms with Crippen LogP contribution in [0, 0.1) is 0 Å². The molecule has 2 aromatic rings. The van der Waals surface area contributed by atoms with E-state index in [1.165, 1.54) is 11.1 Å². The molecule has 110 valence electrons. The summed E-state index contributed by atoms with van der Waals surface area (Å²) in [7, 11) is 0. The maximum Gasteiger partial charge on any atom is 0.124 e. The summed E-state index contributed by atoms with van der Waals surface area (Å²) in [6.45, 7) is 2.96. The molecular formula is C17H17Br2NO. The number of hydrogen-bond donors (Lipinski definition) is 1. The maximum absolute atomic E-state index is 5.75. The zero-order chi connectivity index (χ0) is 14.8. The third-order valence-corrected chi connectivity index (χ3v) is 5.05. The average molecular weight is 411 g/mol. The number of hydrogen-bond acceptors (Lipinski definition) is 2. The molecule has 2 atom stereocenters. The minimum absolute atomic E-state index is 0.274. The van der Waals surface area contributed by atoms with Gasteiger partial charge in [0.05, 0.1) is 6.61 Å². The SMILES string of the molecule is CC(NC1CCOc2ccc(Br)cc21)c1ccccc1Br. The van der Waals surface area contributed by atoms with Gasteiger partial charge < -0.3 is 10.1 Å². The van der Waals surface area contributed by atoms with Crippen LogP contribution < -0.4 is 10.1 Å². The molecule has 1 heterocycles.